The number of urea groups is 1. The largest absolute Gasteiger partial charge is 0.478 e. The topological polar surface area (TPSA) is 113 Å². The third kappa shape index (κ3) is 10.4. The summed E-state index contributed by atoms with van der Waals surface area (Å²) >= 11 is 6.02. The number of hydrogen-bond acceptors (Lipinski definition) is 5. The van der Waals surface area contributed by atoms with Crippen molar-refractivity contribution in [2.24, 2.45) is 0 Å². The third-order valence-corrected chi connectivity index (χ3v) is 4.18. The van der Waals surface area contributed by atoms with Gasteiger partial charge in [0.05, 0.1) is 0 Å². The van der Waals surface area contributed by atoms with Crippen molar-refractivity contribution in [3.05, 3.63) is 41.4 Å². The molecule has 0 radical (unpaired) electrons. The number of anilines is 1. The number of hydrogen-bond donors (Lipinski definition) is 3. The Morgan fingerprint density at radius 3 is 2.17 bits per heavy atom. The molecule has 1 aliphatic heterocycles. The highest BCUT2D eigenvalue weighted by molar-refractivity contribution is 6.30. The molecule has 1 heterocycles. The summed E-state index contributed by atoms with van der Waals surface area (Å²) in [4.78, 5) is 37.3. The van der Waals surface area contributed by atoms with E-state index in [-0.39, 0.29) is 6.03 Å². The lowest BCUT2D eigenvalue weighted by molar-refractivity contribution is -0.134. The second-order valence-corrected chi connectivity index (χ2v) is 6.94. The molecule has 0 atom stereocenters. The Morgan fingerprint density at radius 1 is 1.10 bits per heavy atom. The third-order valence-electron chi connectivity index (χ3n) is 3.94. The molecule has 0 bridgehead atoms. The van der Waals surface area contributed by atoms with E-state index in [4.69, 9.17) is 21.8 Å². The number of aliphatic carboxylic acids is 2. The molecule has 1 aromatic carbocycles. The lowest BCUT2D eigenvalue weighted by atomic mass is 10.2. The van der Waals surface area contributed by atoms with E-state index >= 15 is 0 Å². The maximum atomic E-state index is 12.0. The van der Waals surface area contributed by atoms with Gasteiger partial charge in [-0.15, -0.1) is 0 Å². The summed E-state index contributed by atoms with van der Waals surface area (Å²) in [6.07, 6.45) is 1.12. The van der Waals surface area contributed by atoms with Crippen LogP contribution in [0.2, 0.25) is 5.02 Å². The van der Waals surface area contributed by atoms with Crippen LogP contribution >= 0.6 is 11.6 Å². The summed E-state index contributed by atoms with van der Waals surface area (Å²) in [5.41, 5.74) is 1.12. The number of halogens is 1. The van der Waals surface area contributed by atoms with Crippen molar-refractivity contribution in [3.63, 3.8) is 0 Å². The van der Waals surface area contributed by atoms with Crippen LogP contribution in [0.15, 0.2) is 36.4 Å². The first kappa shape index (κ1) is 24.3. The zero-order chi connectivity index (χ0) is 21.8. The molecule has 1 fully saturated rings. The zero-order valence-corrected chi connectivity index (χ0v) is 17.3. The molecule has 9 nitrogen and oxygen atoms in total. The first-order valence-electron chi connectivity index (χ1n) is 9.01. The minimum Gasteiger partial charge on any atom is -0.478 e. The molecule has 0 aromatic heterocycles. The smallest absolute Gasteiger partial charge is 0.328 e. The average molecular weight is 427 g/mol. The van der Waals surface area contributed by atoms with Gasteiger partial charge >= 0.3 is 18.0 Å². The van der Waals surface area contributed by atoms with E-state index in [1.54, 1.807) is 0 Å². The van der Waals surface area contributed by atoms with Gasteiger partial charge in [0.25, 0.3) is 0 Å². The van der Waals surface area contributed by atoms with Gasteiger partial charge in [0.15, 0.2) is 0 Å². The highest BCUT2D eigenvalue weighted by Gasteiger charge is 2.21. The molecule has 1 saturated heterocycles. The lowest BCUT2D eigenvalue weighted by Gasteiger charge is -2.36. The summed E-state index contributed by atoms with van der Waals surface area (Å²) in [6, 6.07) is 7.88. The molecule has 0 spiro atoms. The summed E-state index contributed by atoms with van der Waals surface area (Å²) in [5.74, 6) is -2.51. The minimum atomic E-state index is -1.26. The van der Waals surface area contributed by atoms with Gasteiger partial charge in [0, 0.05) is 62.1 Å². The Bertz CT molecular complexity index is 702. The van der Waals surface area contributed by atoms with Crippen LogP contribution in [0.25, 0.3) is 0 Å². The van der Waals surface area contributed by atoms with Crippen molar-refractivity contribution in [1.29, 1.82) is 0 Å². The van der Waals surface area contributed by atoms with Gasteiger partial charge in [-0.1, -0.05) is 17.7 Å². The second-order valence-electron chi connectivity index (χ2n) is 6.50. The van der Waals surface area contributed by atoms with E-state index in [1.807, 2.05) is 37.2 Å². The van der Waals surface area contributed by atoms with Gasteiger partial charge in [-0.05, 0) is 32.3 Å². The fraction of sp³-hybridized carbons (Fsp3) is 0.421. The molecule has 29 heavy (non-hydrogen) atoms. The van der Waals surface area contributed by atoms with Crippen molar-refractivity contribution in [2.45, 2.75) is 0 Å². The van der Waals surface area contributed by atoms with Crippen LogP contribution in [0, 0.1) is 0 Å². The molecule has 0 saturated carbocycles. The fourth-order valence-electron chi connectivity index (χ4n) is 2.48. The number of rotatable bonds is 6. The van der Waals surface area contributed by atoms with E-state index in [2.05, 4.69) is 21.2 Å². The number of nitrogens with zero attached hydrogens (tertiary/aromatic N) is 3. The second kappa shape index (κ2) is 12.6. The Hall–Kier alpha value is -2.78. The number of carboxylic acids is 2. The fourth-order valence-corrected chi connectivity index (χ4v) is 2.67. The molecule has 3 N–H and O–H groups in total. The summed E-state index contributed by atoms with van der Waals surface area (Å²) in [6.45, 7) is 4.68. The average Bonchev–Trinajstić information content (AvgIpc) is 2.66. The molecule has 10 heteroatoms. The van der Waals surface area contributed by atoms with E-state index in [1.165, 1.54) is 0 Å². The Balaban J connectivity index is 0.000000447. The van der Waals surface area contributed by atoms with Crippen LogP contribution in [0.5, 0.6) is 0 Å². The van der Waals surface area contributed by atoms with E-state index in [9.17, 15) is 14.4 Å². The first-order valence-corrected chi connectivity index (χ1v) is 9.38. The number of piperazine rings is 1. The number of carboxylic acid groups (broad SMARTS) is 2. The quantitative estimate of drug-likeness (QED) is 0.590. The monoisotopic (exact) mass is 426 g/mol. The van der Waals surface area contributed by atoms with Crippen molar-refractivity contribution >= 4 is 35.3 Å². The van der Waals surface area contributed by atoms with Gasteiger partial charge in [-0.3, -0.25) is 0 Å². The predicted octanol–water partition coefficient (Wildman–Crippen LogP) is 1.45. The van der Waals surface area contributed by atoms with Gasteiger partial charge in [0.2, 0.25) is 0 Å². The number of carbonyl (C=O) groups is 3. The van der Waals surface area contributed by atoms with E-state index < -0.39 is 11.9 Å². The summed E-state index contributed by atoms with van der Waals surface area (Å²) in [7, 11) is 3.99. The van der Waals surface area contributed by atoms with Crippen molar-refractivity contribution in [2.75, 3.05) is 58.3 Å². The lowest BCUT2D eigenvalue weighted by Crippen LogP contribution is -2.52. The molecular formula is C19H27ClN4O5. The SMILES string of the molecule is CN(C)CCNC(=O)N1CCN(c2cccc(Cl)c2)CC1.O=C(O)C=CC(=O)O. The number of nitrogens with one attached hydrogen (secondary N) is 1. The number of amides is 2. The maximum Gasteiger partial charge on any atom is 0.328 e. The molecule has 0 unspecified atom stereocenters. The summed E-state index contributed by atoms with van der Waals surface area (Å²) in [5, 5.41) is 19.3. The molecule has 0 aliphatic carbocycles. The number of carbonyl (C=O) groups excluding carboxylic acids is 1. The van der Waals surface area contributed by atoms with Gasteiger partial charge in [-0.2, -0.15) is 0 Å². The normalized spacial score (nSPS) is 13.8. The highest BCUT2D eigenvalue weighted by atomic mass is 35.5. The first-order chi connectivity index (χ1) is 13.7. The number of likely N-dealkylation sites (N-methyl/N-ethyl adjacent to an activating group) is 1. The molecule has 2 rings (SSSR count). The van der Waals surface area contributed by atoms with Crippen LogP contribution in [0.1, 0.15) is 0 Å². The number of benzene rings is 1. The zero-order valence-electron chi connectivity index (χ0n) is 16.5. The molecule has 2 amide bonds. The van der Waals surface area contributed by atoms with Crippen LogP contribution < -0.4 is 10.2 Å². The molecular weight excluding hydrogens is 400 g/mol. The van der Waals surface area contributed by atoms with Crippen LogP contribution in [0.3, 0.4) is 0 Å². The Morgan fingerprint density at radius 2 is 1.69 bits per heavy atom. The van der Waals surface area contributed by atoms with E-state index in [0.29, 0.717) is 18.7 Å². The van der Waals surface area contributed by atoms with Gasteiger partial charge in [-0.25, -0.2) is 14.4 Å². The van der Waals surface area contributed by atoms with Crippen LogP contribution in [0.4, 0.5) is 10.5 Å². The van der Waals surface area contributed by atoms with Crippen LogP contribution in [-0.4, -0.2) is 91.3 Å². The predicted molar refractivity (Wildman–Crippen MR) is 112 cm³/mol. The Kier molecular flexibility index (Phi) is 10.6. The minimum absolute atomic E-state index is 0.0302. The summed E-state index contributed by atoms with van der Waals surface area (Å²) < 4.78 is 0. The van der Waals surface area contributed by atoms with Crippen molar-refractivity contribution in [1.82, 2.24) is 15.1 Å². The van der Waals surface area contributed by atoms with Crippen molar-refractivity contribution < 1.29 is 24.6 Å². The Labute approximate surface area is 175 Å². The van der Waals surface area contributed by atoms with Crippen LogP contribution in [-0.2, 0) is 9.59 Å². The maximum absolute atomic E-state index is 12.0. The molecule has 160 valence electrons. The van der Waals surface area contributed by atoms with Crippen molar-refractivity contribution in [3.8, 4) is 0 Å². The van der Waals surface area contributed by atoms with Gasteiger partial charge < -0.3 is 30.2 Å². The van der Waals surface area contributed by atoms with E-state index in [0.717, 1.165) is 43.4 Å². The standard InChI is InChI=1S/C15H23ClN4O.C4H4O4/c1-18(2)7-6-17-15(21)20-10-8-19(9-11-20)14-5-3-4-13(16)12-14;5-3(6)1-2-4(7)8/h3-5,12H,6-11H2,1-2H3,(H,17,21);1-2H,(H,5,6)(H,7,8). The highest BCUT2D eigenvalue weighted by Crippen LogP contribution is 2.20. The van der Waals surface area contributed by atoms with Gasteiger partial charge in [0.1, 0.15) is 0 Å². The molecule has 1 aromatic rings. The molecule has 1 aliphatic rings.